The standard InChI is InChI=1S/C11H14O2/c1-3-5-9-13-11-7-6-10-12-8-4-2/h2-3,5H,8-11H2,1H3/b5-3+. The van der Waals surface area contributed by atoms with Gasteiger partial charge in [-0.15, -0.1) is 6.42 Å². The summed E-state index contributed by atoms with van der Waals surface area (Å²) in [4.78, 5) is 0. The molecule has 0 heterocycles. The molecule has 2 heteroatoms. The fourth-order valence-electron chi connectivity index (χ4n) is 0.537. The normalized spacial score (nSPS) is 9.23. The maximum Gasteiger partial charge on any atom is 0.109 e. The van der Waals surface area contributed by atoms with Crippen LogP contribution < -0.4 is 0 Å². The Morgan fingerprint density at radius 2 is 1.85 bits per heavy atom. The van der Waals surface area contributed by atoms with Crippen molar-refractivity contribution in [3.63, 3.8) is 0 Å². The molecule has 0 unspecified atom stereocenters. The lowest BCUT2D eigenvalue weighted by Crippen LogP contribution is -1.93. The second-order valence-electron chi connectivity index (χ2n) is 2.13. The van der Waals surface area contributed by atoms with Gasteiger partial charge in [0, 0.05) is 0 Å². The van der Waals surface area contributed by atoms with Crippen LogP contribution in [-0.4, -0.2) is 26.4 Å². The van der Waals surface area contributed by atoms with Crippen molar-refractivity contribution in [3.05, 3.63) is 12.2 Å². The molecule has 0 aliphatic carbocycles. The van der Waals surface area contributed by atoms with Gasteiger partial charge in [0.25, 0.3) is 0 Å². The minimum Gasteiger partial charge on any atom is -0.365 e. The number of terminal acetylenes is 1. The average molecular weight is 178 g/mol. The Morgan fingerprint density at radius 3 is 2.46 bits per heavy atom. The van der Waals surface area contributed by atoms with Gasteiger partial charge in [0.1, 0.15) is 19.8 Å². The van der Waals surface area contributed by atoms with Crippen LogP contribution in [0.25, 0.3) is 0 Å². The molecule has 0 aromatic rings. The summed E-state index contributed by atoms with van der Waals surface area (Å²) >= 11 is 0. The molecule has 0 aromatic heterocycles. The quantitative estimate of drug-likeness (QED) is 0.358. The van der Waals surface area contributed by atoms with E-state index in [1.165, 1.54) is 0 Å². The van der Waals surface area contributed by atoms with Crippen LogP contribution in [0.5, 0.6) is 0 Å². The summed E-state index contributed by atoms with van der Waals surface area (Å²) in [5.74, 6) is 7.94. The summed E-state index contributed by atoms with van der Waals surface area (Å²) in [6, 6.07) is 0. The third-order valence-electron chi connectivity index (χ3n) is 1.11. The van der Waals surface area contributed by atoms with Crippen LogP contribution in [0.3, 0.4) is 0 Å². The van der Waals surface area contributed by atoms with Crippen LogP contribution >= 0.6 is 0 Å². The van der Waals surface area contributed by atoms with E-state index in [1.54, 1.807) is 0 Å². The minimum atomic E-state index is 0.314. The highest BCUT2D eigenvalue weighted by Gasteiger charge is 1.77. The summed E-state index contributed by atoms with van der Waals surface area (Å²) in [5, 5.41) is 0. The Labute approximate surface area is 79.9 Å². The largest absolute Gasteiger partial charge is 0.365 e. The number of hydrogen-bond donors (Lipinski definition) is 0. The molecule has 0 atom stereocenters. The molecule has 0 aliphatic rings. The number of ether oxygens (including phenoxy) is 2. The summed E-state index contributed by atoms with van der Waals surface area (Å²) in [6.45, 7) is 3.67. The first kappa shape index (κ1) is 11.8. The molecule has 0 spiro atoms. The predicted molar refractivity (Wildman–Crippen MR) is 53.1 cm³/mol. The zero-order valence-corrected chi connectivity index (χ0v) is 7.88. The predicted octanol–water partition coefficient (Wildman–Crippen LogP) is 1.23. The van der Waals surface area contributed by atoms with Crippen molar-refractivity contribution in [1.82, 2.24) is 0 Å². The minimum absolute atomic E-state index is 0.314. The molecule has 0 saturated heterocycles. The van der Waals surface area contributed by atoms with Crippen LogP contribution in [0.2, 0.25) is 0 Å². The maximum atomic E-state index is 5.12. The van der Waals surface area contributed by atoms with E-state index in [0.717, 1.165) is 0 Å². The zero-order chi connectivity index (χ0) is 9.78. The van der Waals surface area contributed by atoms with Gasteiger partial charge in [-0.05, 0) is 6.92 Å². The van der Waals surface area contributed by atoms with Gasteiger partial charge in [0.15, 0.2) is 0 Å². The molecular weight excluding hydrogens is 164 g/mol. The van der Waals surface area contributed by atoms with Crippen molar-refractivity contribution in [2.24, 2.45) is 0 Å². The van der Waals surface area contributed by atoms with Crippen LogP contribution in [0.1, 0.15) is 6.92 Å². The smallest absolute Gasteiger partial charge is 0.109 e. The second kappa shape index (κ2) is 10.8. The summed E-state index contributed by atoms with van der Waals surface area (Å²) in [6.07, 6.45) is 8.83. The summed E-state index contributed by atoms with van der Waals surface area (Å²) in [5.41, 5.74) is 0. The molecule has 70 valence electrons. The Balaban J connectivity index is 3.16. The van der Waals surface area contributed by atoms with Crippen molar-refractivity contribution >= 4 is 0 Å². The van der Waals surface area contributed by atoms with Gasteiger partial charge in [-0.2, -0.15) is 0 Å². The van der Waals surface area contributed by atoms with E-state index in [4.69, 9.17) is 15.9 Å². The molecule has 0 rings (SSSR count). The third kappa shape index (κ3) is 10.8. The molecule has 0 aromatic carbocycles. The Kier molecular flexibility index (Phi) is 9.77. The first-order chi connectivity index (χ1) is 6.41. The van der Waals surface area contributed by atoms with Crippen molar-refractivity contribution in [2.45, 2.75) is 6.92 Å². The summed E-state index contributed by atoms with van der Waals surface area (Å²) < 4.78 is 10.1. The lowest BCUT2D eigenvalue weighted by Gasteiger charge is -1.91. The molecule has 0 amide bonds. The number of rotatable bonds is 5. The number of allylic oxidation sites excluding steroid dienone is 1. The van der Waals surface area contributed by atoms with E-state index in [1.807, 2.05) is 19.1 Å². The van der Waals surface area contributed by atoms with Crippen LogP contribution in [-0.2, 0) is 9.47 Å². The van der Waals surface area contributed by atoms with E-state index >= 15 is 0 Å². The fraction of sp³-hybridized carbons (Fsp3) is 0.455. The van der Waals surface area contributed by atoms with Gasteiger partial charge < -0.3 is 9.47 Å². The molecule has 0 bridgehead atoms. The van der Waals surface area contributed by atoms with Crippen molar-refractivity contribution in [2.75, 3.05) is 26.4 Å². The zero-order valence-electron chi connectivity index (χ0n) is 7.88. The first-order valence-corrected chi connectivity index (χ1v) is 4.07. The lowest BCUT2D eigenvalue weighted by molar-refractivity contribution is 0.195. The van der Waals surface area contributed by atoms with Crippen molar-refractivity contribution in [1.29, 1.82) is 0 Å². The first-order valence-electron chi connectivity index (χ1n) is 4.07. The maximum absolute atomic E-state index is 5.12. The molecule has 0 N–H and O–H groups in total. The van der Waals surface area contributed by atoms with Crippen LogP contribution in [0.15, 0.2) is 12.2 Å². The SMILES string of the molecule is C#CCOCC#CCOC/C=C/C. The van der Waals surface area contributed by atoms with Gasteiger partial charge >= 0.3 is 0 Å². The van der Waals surface area contributed by atoms with Gasteiger partial charge in [-0.25, -0.2) is 0 Å². The molecule has 0 fully saturated rings. The molecule has 0 saturated carbocycles. The van der Waals surface area contributed by atoms with E-state index in [0.29, 0.717) is 26.4 Å². The Bertz CT molecular complexity index is 225. The van der Waals surface area contributed by atoms with E-state index in [-0.39, 0.29) is 0 Å². The fourth-order valence-corrected chi connectivity index (χ4v) is 0.537. The van der Waals surface area contributed by atoms with Crippen LogP contribution in [0, 0.1) is 24.2 Å². The molecule has 2 nitrogen and oxygen atoms in total. The third-order valence-corrected chi connectivity index (χ3v) is 1.11. The molecule has 0 aliphatic heterocycles. The second-order valence-corrected chi connectivity index (χ2v) is 2.13. The highest BCUT2D eigenvalue weighted by atomic mass is 16.5. The van der Waals surface area contributed by atoms with Crippen LogP contribution in [0.4, 0.5) is 0 Å². The van der Waals surface area contributed by atoms with Crippen molar-refractivity contribution < 1.29 is 9.47 Å². The van der Waals surface area contributed by atoms with Gasteiger partial charge in [-0.3, -0.25) is 0 Å². The van der Waals surface area contributed by atoms with Gasteiger partial charge in [0.05, 0.1) is 6.61 Å². The van der Waals surface area contributed by atoms with Gasteiger partial charge in [-0.1, -0.05) is 29.9 Å². The topological polar surface area (TPSA) is 18.5 Å². The van der Waals surface area contributed by atoms with E-state index < -0.39 is 0 Å². The molecular formula is C11H14O2. The van der Waals surface area contributed by atoms with E-state index in [2.05, 4.69) is 17.8 Å². The highest BCUT2D eigenvalue weighted by molar-refractivity contribution is 4.99. The number of hydrogen-bond acceptors (Lipinski definition) is 2. The molecule has 0 radical (unpaired) electrons. The molecule has 13 heavy (non-hydrogen) atoms. The lowest BCUT2D eigenvalue weighted by atomic mass is 10.5. The van der Waals surface area contributed by atoms with Gasteiger partial charge in [0.2, 0.25) is 0 Å². The van der Waals surface area contributed by atoms with Crippen molar-refractivity contribution in [3.8, 4) is 24.2 Å². The van der Waals surface area contributed by atoms with E-state index in [9.17, 15) is 0 Å². The summed E-state index contributed by atoms with van der Waals surface area (Å²) in [7, 11) is 0. The Morgan fingerprint density at radius 1 is 1.15 bits per heavy atom. The Hall–Kier alpha value is -1.22. The average Bonchev–Trinajstić information content (AvgIpc) is 2.16. The highest BCUT2D eigenvalue weighted by Crippen LogP contribution is 1.76. The monoisotopic (exact) mass is 178 g/mol.